The van der Waals surface area contributed by atoms with Gasteiger partial charge in [0.2, 0.25) is 0 Å². The second kappa shape index (κ2) is 4.61. The number of aryl methyl sites for hydroxylation is 2. The van der Waals surface area contributed by atoms with Gasteiger partial charge in [-0.15, -0.1) is 11.3 Å². The summed E-state index contributed by atoms with van der Waals surface area (Å²) in [5.74, 6) is 1.53. The van der Waals surface area contributed by atoms with Crippen molar-refractivity contribution in [2.24, 2.45) is 17.6 Å². The van der Waals surface area contributed by atoms with E-state index in [0.29, 0.717) is 0 Å². The number of nitrogens with two attached hydrogens (primary N) is 1. The molecule has 100 valence electrons. The van der Waals surface area contributed by atoms with E-state index in [-0.39, 0.29) is 5.54 Å². The van der Waals surface area contributed by atoms with Crippen molar-refractivity contribution in [3.05, 3.63) is 15.6 Å². The maximum Gasteiger partial charge on any atom is 0.113 e. The monoisotopic (exact) mass is 264 g/mol. The second-order valence-electron chi connectivity index (χ2n) is 6.50. The van der Waals surface area contributed by atoms with Crippen molar-refractivity contribution in [2.45, 2.75) is 64.3 Å². The van der Waals surface area contributed by atoms with Crippen LogP contribution in [0.3, 0.4) is 0 Å². The number of fused-ring (bicyclic) bond motifs is 1. The van der Waals surface area contributed by atoms with Crippen LogP contribution in [0.5, 0.6) is 0 Å². The Labute approximate surface area is 114 Å². The summed E-state index contributed by atoms with van der Waals surface area (Å²) in [5.41, 5.74) is 7.95. The fraction of sp³-hybridized carbons (Fsp3) is 0.800. The van der Waals surface area contributed by atoms with Crippen molar-refractivity contribution in [2.75, 3.05) is 0 Å². The molecule has 1 saturated carbocycles. The minimum absolute atomic E-state index is 0.123. The van der Waals surface area contributed by atoms with Gasteiger partial charge in [0.25, 0.3) is 0 Å². The van der Waals surface area contributed by atoms with E-state index in [9.17, 15) is 0 Å². The minimum atomic E-state index is -0.123. The summed E-state index contributed by atoms with van der Waals surface area (Å²) in [6.45, 7) is 4.66. The zero-order valence-corrected chi connectivity index (χ0v) is 12.4. The third-order valence-corrected chi connectivity index (χ3v) is 6.17. The predicted molar refractivity (Wildman–Crippen MR) is 76.8 cm³/mol. The standard InChI is InChI=1S/C15H24N2S/c1-10(2)11-5-4-8-15(16,9-11)14-17-12-6-3-7-13(12)18-14/h10-11H,3-9,16H2,1-2H3. The Hall–Kier alpha value is -0.410. The normalized spacial score (nSPS) is 31.9. The molecule has 1 aromatic heterocycles. The Balaban J connectivity index is 1.84. The minimum Gasteiger partial charge on any atom is -0.319 e. The summed E-state index contributed by atoms with van der Waals surface area (Å²) < 4.78 is 0. The van der Waals surface area contributed by atoms with E-state index < -0.39 is 0 Å². The molecule has 2 nitrogen and oxygen atoms in total. The molecule has 0 aromatic carbocycles. The lowest BCUT2D eigenvalue weighted by Gasteiger charge is -2.38. The zero-order valence-electron chi connectivity index (χ0n) is 11.5. The Kier molecular flexibility index (Phi) is 3.23. The molecule has 2 unspecified atom stereocenters. The molecular formula is C15H24N2S. The van der Waals surface area contributed by atoms with Gasteiger partial charge in [-0.2, -0.15) is 0 Å². The number of aromatic nitrogens is 1. The van der Waals surface area contributed by atoms with Crippen molar-refractivity contribution in [1.82, 2.24) is 4.98 Å². The smallest absolute Gasteiger partial charge is 0.113 e. The lowest BCUT2D eigenvalue weighted by Crippen LogP contribution is -2.42. The Bertz CT molecular complexity index is 416. The van der Waals surface area contributed by atoms with Crippen LogP contribution in [0.1, 0.15) is 61.5 Å². The number of nitrogens with zero attached hydrogens (tertiary/aromatic N) is 1. The van der Waals surface area contributed by atoms with Crippen LogP contribution in [0.4, 0.5) is 0 Å². The van der Waals surface area contributed by atoms with Crippen LogP contribution in [0, 0.1) is 11.8 Å². The SMILES string of the molecule is CC(C)C1CCCC(N)(c2nc3c(s2)CCC3)C1. The molecule has 18 heavy (non-hydrogen) atoms. The van der Waals surface area contributed by atoms with Gasteiger partial charge in [0.1, 0.15) is 5.01 Å². The lowest BCUT2D eigenvalue weighted by atomic mass is 9.72. The van der Waals surface area contributed by atoms with Gasteiger partial charge >= 0.3 is 0 Å². The van der Waals surface area contributed by atoms with Crippen LogP contribution in [0.25, 0.3) is 0 Å². The van der Waals surface area contributed by atoms with Crippen LogP contribution in [0.2, 0.25) is 0 Å². The number of thiazole rings is 1. The first-order chi connectivity index (χ1) is 8.58. The Morgan fingerprint density at radius 3 is 2.89 bits per heavy atom. The molecule has 3 heteroatoms. The molecular weight excluding hydrogens is 240 g/mol. The van der Waals surface area contributed by atoms with Crippen LogP contribution in [-0.2, 0) is 18.4 Å². The molecule has 1 fully saturated rings. The molecule has 2 aliphatic rings. The fourth-order valence-electron chi connectivity index (χ4n) is 3.52. The van der Waals surface area contributed by atoms with Gasteiger partial charge in [0.05, 0.1) is 11.2 Å². The van der Waals surface area contributed by atoms with Gasteiger partial charge in [-0.25, -0.2) is 4.98 Å². The molecule has 0 aliphatic heterocycles. The van der Waals surface area contributed by atoms with Crippen molar-refractivity contribution >= 4 is 11.3 Å². The molecule has 1 heterocycles. The van der Waals surface area contributed by atoms with Gasteiger partial charge in [-0.1, -0.05) is 26.7 Å². The summed E-state index contributed by atoms with van der Waals surface area (Å²) in [5, 5.41) is 1.23. The van der Waals surface area contributed by atoms with Crippen molar-refractivity contribution in [3.63, 3.8) is 0 Å². The quantitative estimate of drug-likeness (QED) is 0.886. The van der Waals surface area contributed by atoms with E-state index >= 15 is 0 Å². The Morgan fingerprint density at radius 1 is 1.33 bits per heavy atom. The van der Waals surface area contributed by atoms with Gasteiger partial charge in [0, 0.05) is 4.88 Å². The highest BCUT2D eigenvalue weighted by Gasteiger charge is 2.38. The largest absolute Gasteiger partial charge is 0.319 e. The van der Waals surface area contributed by atoms with Crippen molar-refractivity contribution < 1.29 is 0 Å². The van der Waals surface area contributed by atoms with E-state index in [0.717, 1.165) is 24.7 Å². The van der Waals surface area contributed by atoms with Crippen LogP contribution in [0.15, 0.2) is 0 Å². The molecule has 0 saturated heterocycles. The van der Waals surface area contributed by atoms with Gasteiger partial charge in [-0.05, 0) is 43.9 Å². The zero-order chi connectivity index (χ0) is 12.8. The maximum atomic E-state index is 6.72. The van der Waals surface area contributed by atoms with Crippen molar-refractivity contribution in [3.8, 4) is 0 Å². The molecule has 0 amide bonds. The van der Waals surface area contributed by atoms with Crippen molar-refractivity contribution in [1.29, 1.82) is 0 Å². The van der Waals surface area contributed by atoms with Gasteiger partial charge in [0.15, 0.2) is 0 Å². The average molecular weight is 264 g/mol. The summed E-state index contributed by atoms with van der Waals surface area (Å²) in [6.07, 6.45) is 8.58. The first-order valence-electron chi connectivity index (χ1n) is 7.36. The predicted octanol–water partition coefficient (Wildman–Crippen LogP) is 3.63. The molecule has 0 spiro atoms. The molecule has 2 N–H and O–H groups in total. The number of rotatable bonds is 2. The fourth-order valence-corrected chi connectivity index (χ4v) is 4.81. The topological polar surface area (TPSA) is 38.9 Å². The van der Waals surface area contributed by atoms with Gasteiger partial charge in [-0.3, -0.25) is 0 Å². The highest BCUT2D eigenvalue weighted by Crippen LogP contribution is 2.43. The number of hydrogen-bond acceptors (Lipinski definition) is 3. The summed E-state index contributed by atoms with van der Waals surface area (Å²) in [6, 6.07) is 0. The molecule has 1 aromatic rings. The summed E-state index contributed by atoms with van der Waals surface area (Å²) >= 11 is 1.91. The lowest BCUT2D eigenvalue weighted by molar-refractivity contribution is 0.183. The molecule has 2 atom stereocenters. The third-order valence-electron chi connectivity index (χ3n) is 4.79. The van der Waals surface area contributed by atoms with Crippen LogP contribution in [-0.4, -0.2) is 4.98 Å². The summed E-state index contributed by atoms with van der Waals surface area (Å²) in [7, 11) is 0. The first kappa shape index (κ1) is 12.6. The van der Waals surface area contributed by atoms with Crippen LogP contribution >= 0.6 is 11.3 Å². The average Bonchev–Trinajstić information content (AvgIpc) is 2.89. The van der Waals surface area contributed by atoms with E-state index in [2.05, 4.69) is 13.8 Å². The Morgan fingerprint density at radius 2 is 2.17 bits per heavy atom. The second-order valence-corrected chi connectivity index (χ2v) is 7.58. The molecule has 0 bridgehead atoms. The highest BCUT2D eigenvalue weighted by molar-refractivity contribution is 7.12. The molecule has 0 radical (unpaired) electrons. The van der Waals surface area contributed by atoms with E-state index in [4.69, 9.17) is 10.7 Å². The van der Waals surface area contributed by atoms with E-state index in [1.165, 1.54) is 47.7 Å². The first-order valence-corrected chi connectivity index (χ1v) is 8.18. The highest BCUT2D eigenvalue weighted by atomic mass is 32.1. The van der Waals surface area contributed by atoms with E-state index in [1.54, 1.807) is 0 Å². The third kappa shape index (κ3) is 2.12. The van der Waals surface area contributed by atoms with E-state index in [1.807, 2.05) is 11.3 Å². The number of hydrogen-bond donors (Lipinski definition) is 1. The summed E-state index contributed by atoms with van der Waals surface area (Å²) in [4.78, 5) is 6.39. The molecule has 2 aliphatic carbocycles. The molecule has 3 rings (SSSR count). The van der Waals surface area contributed by atoms with Crippen LogP contribution < -0.4 is 5.73 Å². The van der Waals surface area contributed by atoms with Gasteiger partial charge < -0.3 is 5.73 Å². The maximum absolute atomic E-state index is 6.72.